The van der Waals surface area contributed by atoms with Gasteiger partial charge in [0.1, 0.15) is 0 Å². The number of cyclic esters (lactones) is 2. The number of rotatable bonds is 4. The number of hydrogen-bond acceptors (Lipinski definition) is 7. The van der Waals surface area contributed by atoms with Gasteiger partial charge >= 0.3 is 11.9 Å². The average Bonchev–Trinajstić information content (AvgIpc) is 3.08. The number of carbonyl (C=O) groups excluding carboxylic acids is 3. The lowest BCUT2D eigenvalue weighted by molar-refractivity contribution is -0.222. The summed E-state index contributed by atoms with van der Waals surface area (Å²) in [6.45, 7) is 2.94. The number of hydrogen-bond donors (Lipinski definition) is 2. The van der Waals surface area contributed by atoms with Crippen molar-refractivity contribution in [1.29, 1.82) is 0 Å². The van der Waals surface area contributed by atoms with Crippen LogP contribution < -0.4 is 10.6 Å². The highest BCUT2D eigenvalue weighted by Gasteiger charge is 2.38. The van der Waals surface area contributed by atoms with E-state index in [-0.39, 0.29) is 11.3 Å². The summed E-state index contributed by atoms with van der Waals surface area (Å²) < 4.78 is 15.0. The number of furan rings is 1. The number of ether oxygens (including phenoxy) is 2. The van der Waals surface area contributed by atoms with Gasteiger partial charge in [0.25, 0.3) is 11.7 Å². The van der Waals surface area contributed by atoms with Crippen LogP contribution in [0.1, 0.15) is 24.4 Å². The van der Waals surface area contributed by atoms with Gasteiger partial charge in [0.2, 0.25) is 0 Å². The quantitative estimate of drug-likeness (QED) is 0.493. The van der Waals surface area contributed by atoms with Crippen molar-refractivity contribution in [3.8, 4) is 0 Å². The molecule has 0 saturated carbocycles. The smallest absolute Gasteiger partial charge is 0.350 e. The molecule has 0 unspecified atom stereocenters. The standard InChI is InChI=1S/C18H16N2O6/c1-18(2)25-16(22)13(17(23)26-18)10-19-11-5-3-6-12(9-11)20-15(21)14-7-4-8-24-14/h3-10,19H,1-2H3,(H,20,21). The second kappa shape index (κ2) is 6.75. The lowest BCUT2D eigenvalue weighted by Crippen LogP contribution is -2.42. The molecule has 0 bridgehead atoms. The summed E-state index contributed by atoms with van der Waals surface area (Å²) in [5, 5.41) is 5.49. The van der Waals surface area contributed by atoms with Gasteiger partial charge < -0.3 is 24.5 Å². The highest BCUT2D eigenvalue weighted by molar-refractivity contribution is 6.15. The van der Waals surface area contributed by atoms with E-state index in [4.69, 9.17) is 13.9 Å². The monoisotopic (exact) mass is 356 g/mol. The molecule has 1 aromatic heterocycles. The Balaban J connectivity index is 1.70. The molecule has 3 rings (SSSR count). The van der Waals surface area contributed by atoms with Crippen molar-refractivity contribution < 1.29 is 28.3 Å². The summed E-state index contributed by atoms with van der Waals surface area (Å²) in [4.78, 5) is 35.8. The van der Waals surface area contributed by atoms with Crippen LogP contribution in [0.15, 0.2) is 58.9 Å². The molecule has 0 spiro atoms. The van der Waals surface area contributed by atoms with Crippen molar-refractivity contribution in [3.05, 3.63) is 60.2 Å². The Morgan fingerprint density at radius 1 is 1.04 bits per heavy atom. The molecule has 0 aliphatic carbocycles. The van der Waals surface area contributed by atoms with Crippen molar-refractivity contribution >= 4 is 29.2 Å². The lowest BCUT2D eigenvalue weighted by Gasteiger charge is -2.29. The van der Waals surface area contributed by atoms with Crippen LogP contribution >= 0.6 is 0 Å². The van der Waals surface area contributed by atoms with E-state index in [9.17, 15) is 14.4 Å². The summed E-state index contributed by atoms with van der Waals surface area (Å²) >= 11 is 0. The summed E-state index contributed by atoms with van der Waals surface area (Å²) in [7, 11) is 0. The molecule has 2 aromatic rings. The zero-order chi connectivity index (χ0) is 18.7. The predicted octanol–water partition coefficient (Wildman–Crippen LogP) is 2.66. The van der Waals surface area contributed by atoms with E-state index >= 15 is 0 Å². The zero-order valence-corrected chi connectivity index (χ0v) is 14.1. The largest absolute Gasteiger partial charge is 0.459 e. The average molecular weight is 356 g/mol. The van der Waals surface area contributed by atoms with Crippen LogP contribution in [-0.4, -0.2) is 23.6 Å². The second-order valence-corrected chi connectivity index (χ2v) is 5.89. The molecule has 1 saturated heterocycles. The summed E-state index contributed by atoms with van der Waals surface area (Å²) in [6, 6.07) is 9.86. The molecule has 26 heavy (non-hydrogen) atoms. The minimum Gasteiger partial charge on any atom is -0.459 e. The molecule has 2 N–H and O–H groups in total. The van der Waals surface area contributed by atoms with Crippen LogP contribution in [0.25, 0.3) is 0 Å². The van der Waals surface area contributed by atoms with Crippen LogP contribution in [-0.2, 0) is 19.1 Å². The maximum Gasteiger partial charge on any atom is 0.350 e. The number of esters is 2. The number of nitrogens with one attached hydrogen (secondary N) is 2. The molecule has 1 aliphatic heterocycles. The second-order valence-electron chi connectivity index (χ2n) is 5.89. The molecule has 134 valence electrons. The molecule has 8 nitrogen and oxygen atoms in total. The molecule has 0 atom stereocenters. The van der Waals surface area contributed by atoms with Gasteiger partial charge in [0.05, 0.1) is 6.26 Å². The fourth-order valence-electron chi connectivity index (χ4n) is 2.22. The van der Waals surface area contributed by atoms with E-state index in [1.807, 2.05) is 0 Å². The van der Waals surface area contributed by atoms with E-state index < -0.39 is 23.6 Å². The van der Waals surface area contributed by atoms with Gasteiger partial charge in [0.15, 0.2) is 11.3 Å². The molecule has 1 amide bonds. The first-order valence-electron chi connectivity index (χ1n) is 7.72. The van der Waals surface area contributed by atoms with E-state index in [1.54, 1.807) is 36.4 Å². The molecule has 8 heteroatoms. The molecule has 1 fully saturated rings. The van der Waals surface area contributed by atoms with Crippen molar-refractivity contribution in [2.75, 3.05) is 10.6 Å². The van der Waals surface area contributed by atoms with Gasteiger partial charge in [-0.2, -0.15) is 0 Å². The third-order valence-electron chi connectivity index (χ3n) is 3.37. The van der Waals surface area contributed by atoms with Crippen LogP contribution in [0, 0.1) is 0 Å². The molecule has 2 heterocycles. The fraction of sp³-hybridized carbons (Fsp3) is 0.167. The van der Waals surface area contributed by atoms with Gasteiger partial charge in [-0.3, -0.25) is 4.79 Å². The molecular weight excluding hydrogens is 340 g/mol. The Morgan fingerprint density at radius 2 is 1.73 bits per heavy atom. The first-order chi connectivity index (χ1) is 12.3. The van der Waals surface area contributed by atoms with E-state index in [2.05, 4.69) is 10.6 Å². The van der Waals surface area contributed by atoms with Crippen molar-refractivity contribution in [2.24, 2.45) is 0 Å². The normalized spacial score (nSPS) is 15.7. The fourth-order valence-corrected chi connectivity index (χ4v) is 2.22. The van der Waals surface area contributed by atoms with Crippen molar-refractivity contribution in [3.63, 3.8) is 0 Å². The topological polar surface area (TPSA) is 107 Å². The molecule has 0 radical (unpaired) electrons. The van der Waals surface area contributed by atoms with Gasteiger partial charge in [-0.15, -0.1) is 0 Å². The van der Waals surface area contributed by atoms with Gasteiger partial charge in [-0.05, 0) is 30.3 Å². The number of benzene rings is 1. The van der Waals surface area contributed by atoms with E-state index in [0.717, 1.165) is 0 Å². The summed E-state index contributed by atoms with van der Waals surface area (Å²) in [5.41, 5.74) is 0.791. The highest BCUT2D eigenvalue weighted by atomic mass is 16.7. The minimum absolute atomic E-state index is 0.181. The minimum atomic E-state index is -1.29. The third-order valence-corrected chi connectivity index (χ3v) is 3.37. The molecule has 1 aliphatic rings. The van der Waals surface area contributed by atoms with E-state index in [1.165, 1.54) is 26.3 Å². The number of anilines is 2. The molecular formula is C18H16N2O6. The Morgan fingerprint density at radius 3 is 2.38 bits per heavy atom. The maximum atomic E-state index is 12.0. The van der Waals surface area contributed by atoms with Crippen LogP contribution in [0.5, 0.6) is 0 Å². The highest BCUT2D eigenvalue weighted by Crippen LogP contribution is 2.23. The lowest BCUT2D eigenvalue weighted by atomic mass is 10.2. The third kappa shape index (κ3) is 3.92. The Labute approximate surface area is 148 Å². The zero-order valence-electron chi connectivity index (χ0n) is 14.1. The van der Waals surface area contributed by atoms with Crippen LogP contribution in [0.2, 0.25) is 0 Å². The summed E-state index contributed by atoms with van der Waals surface area (Å²) in [5.74, 6) is -3.06. The van der Waals surface area contributed by atoms with Gasteiger partial charge in [-0.25, -0.2) is 9.59 Å². The summed E-state index contributed by atoms with van der Waals surface area (Å²) in [6.07, 6.45) is 2.61. The van der Waals surface area contributed by atoms with Gasteiger partial charge in [-0.1, -0.05) is 6.07 Å². The number of carbonyl (C=O) groups is 3. The first-order valence-corrected chi connectivity index (χ1v) is 7.72. The van der Waals surface area contributed by atoms with Gasteiger partial charge in [0, 0.05) is 31.4 Å². The maximum absolute atomic E-state index is 12.0. The van der Waals surface area contributed by atoms with Crippen molar-refractivity contribution in [1.82, 2.24) is 0 Å². The molecule has 1 aromatic carbocycles. The Kier molecular flexibility index (Phi) is 4.49. The SMILES string of the molecule is CC1(C)OC(=O)C(=CNc2cccc(NC(=O)c3ccco3)c2)C(=O)O1. The Bertz CT molecular complexity index is 861. The predicted molar refractivity (Wildman–Crippen MR) is 91.1 cm³/mol. The first kappa shape index (κ1) is 17.3. The van der Waals surface area contributed by atoms with Crippen LogP contribution in [0.4, 0.5) is 11.4 Å². The number of amides is 1. The van der Waals surface area contributed by atoms with Crippen LogP contribution in [0.3, 0.4) is 0 Å². The van der Waals surface area contributed by atoms with E-state index in [0.29, 0.717) is 11.4 Å². The Hall–Kier alpha value is -3.55. The van der Waals surface area contributed by atoms with Crippen molar-refractivity contribution in [2.45, 2.75) is 19.6 Å².